The molecule has 0 amide bonds. The van der Waals surface area contributed by atoms with Crippen LogP contribution in [0, 0.1) is 0 Å². The number of pyridine rings is 1. The van der Waals surface area contributed by atoms with E-state index in [0.717, 1.165) is 0 Å². The van der Waals surface area contributed by atoms with E-state index in [9.17, 15) is 8.78 Å². The molecule has 0 bridgehead atoms. The summed E-state index contributed by atoms with van der Waals surface area (Å²) >= 11 is 0. The summed E-state index contributed by atoms with van der Waals surface area (Å²) in [7, 11) is 0. The van der Waals surface area contributed by atoms with Gasteiger partial charge in [0, 0.05) is 6.04 Å². The van der Waals surface area contributed by atoms with Gasteiger partial charge in [0.2, 0.25) is 0 Å². The fraction of sp³-hybridized carbons (Fsp3) is 0.444. The highest BCUT2D eigenvalue weighted by Gasteiger charge is 2.04. The van der Waals surface area contributed by atoms with Gasteiger partial charge < -0.3 is 10.5 Å². The Morgan fingerprint density at radius 1 is 1.50 bits per heavy atom. The molecule has 1 unspecified atom stereocenters. The number of aromatic nitrogens is 1. The normalized spacial score (nSPS) is 12.9. The lowest BCUT2D eigenvalue weighted by molar-refractivity contribution is 0.0817. The number of hydrogen-bond donors (Lipinski definition) is 1. The fourth-order valence-electron chi connectivity index (χ4n) is 0.906. The van der Waals surface area contributed by atoms with Gasteiger partial charge in [-0.05, 0) is 19.1 Å². The summed E-state index contributed by atoms with van der Waals surface area (Å²) in [4.78, 5) is 3.96. The van der Waals surface area contributed by atoms with Crippen molar-refractivity contribution in [3.8, 4) is 5.75 Å². The Kier molecular flexibility index (Phi) is 3.76. The van der Waals surface area contributed by atoms with Gasteiger partial charge in [0.05, 0.1) is 11.9 Å². The first-order chi connectivity index (χ1) is 6.59. The third kappa shape index (κ3) is 3.26. The van der Waals surface area contributed by atoms with Crippen molar-refractivity contribution in [1.82, 2.24) is 4.98 Å². The number of ether oxygens (including phenoxy) is 1. The van der Waals surface area contributed by atoms with Crippen LogP contribution in [0.25, 0.3) is 0 Å². The first-order valence-corrected chi connectivity index (χ1v) is 4.22. The van der Waals surface area contributed by atoms with Crippen molar-refractivity contribution in [2.45, 2.75) is 19.4 Å². The average molecular weight is 202 g/mol. The Morgan fingerprint density at radius 3 is 2.64 bits per heavy atom. The number of halogens is 2. The summed E-state index contributed by atoms with van der Waals surface area (Å²) in [5.41, 5.74) is 6.27. The van der Waals surface area contributed by atoms with E-state index in [-0.39, 0.29) is 6.04 Å². The summed E-state index contributed by atoms with van der Waals surface area (Å²) in [5, 5.41) is 0. The van der Waals surface area contributed by atoms with Gasteiger partial charge in [-0.1, -0.05) is 0 Å². The molecule has 0 aliphatic rings. The zero-order valence-electron chi connectivity index (χ0n) is 7.78. The van der Waals surface area contributed by atoms with Gasteiger partial charge >= 0.3 is 0 Å². The Bertz CT molecular complexity index is 275. The Balaban J connectivity index is 2.55. The molecule has 78 valence electrons. The number of alkyl halides is 2. The highest BCUT2D eigenvalue weighted by Crippen LogP contribution is 2.13. The minimum atomic E-state index is -2.47. The number of hydrogen-bond acceptors (Lipinski definition) is 3. The predicted molar refractivity (Wildman–Crippen MR) is 48.3 cm³/mol. The summed E-state index contributed by atoms with van der Waals surface area (Å²) < 4.78 is 28.3. The second-order valence-corrected chi connectivity index (χ2v) is 2.91. The highest BCUT2D eigenvalue weighted by molar-refractivity contribution is 5.21. The van der Waals surface area contributed by atoms with Gasteiger partial charge in [0.15, 0.2) is 0 Å². The molecule has 14 heavy (non-hydrogen) atoms. The molecule has 0 spiro atoms. The molecule has 0 aliphatic heterocycles. The molecule has 1 heterocycles. The van der Waals surface area contributed by atoms with Crippen molar-refractivity contribution in [3.05, 3.63) is 24.0 Å². The largest absolute Gasteiger partial charge is 0.486 e. The van der Waals surface area contributed by atoms with Crippen LogP contribution in [0.1, 0.15) is 18.7 Å². The maximum atomic E-state index is 11.8. The molecular formula is C9H12F2N2O. The monoisotopic (exact) mass is 202 g/mol. The molecule has 0 radical (unpaired) electrons. The minimum absolute atomic E-state index is 0.167. The third-order valence-corrected chi connectivity index (χ3v) is 1.60. The summed E-state index contributed by atoms with van der Waals surface area (Å²) in [5.74, 6) is 0.328. The van der Waals surface area contributed by atoms with Gasteiger partial charge in [-0.2, -0.15) is 0 Å². The second-order valence-electron chi connectivity index (χ2n) is 2.91. The first kappa shape index (κ1) is 10.8. The molecule has 3 nitrogen and oxygen atoms in total. The van der Waals surface area contributed by atoms with Gasteiger partial charge in [0.25, 0.3) is 6.43 Å². The van der Waals surface area contributed by atoms with E-state index in [1.807, 2.05) is 0 Å². The Hall–Kier alpha value is -1.23. The van der Waals surface area contributed by atoms with E-state index in [1.165, 1.54) is 6.20 Å². The smallest absolute Gasteiger partial charge is 0.272 e. The summed E-state index contributed by atoms with van der Waals surface area (Å²) in [6.45, 7) is 1.18. The zero-order valence-corrected chi connectivity index (χ0v) is 7.78. The van der Waals surface area contributed by atoms with Crippen LogP contribution in [0.4, 0.5) is 8.78 Å². The molecule has 0 saturated heterocycles. The van der Waals surface area contributed by atoms with Crippen LogP contribution in [0.2, 0.25) is 0 Å². The predicted octanol–water partition coefficient (Wildman–Crippen LogP) is 1.75. The summed E-state index contributed by atoms with van der Waals surface area (Å²) in [6.07, 6.45) is -1.08. The van der Waals surface area contributed by atoms with Crippen molar-refractivity contribution in [3.63, 3.8) is 0 Å². The third-order valence-electron chi connectivity index (χ3n) is 1.60. The standard InChI is InChI=1S/C9H12F2N2O/c1-6(12)8-3-2-7(4-13-8)14-5-9(10)11/h2-4,6,9H,5,12H2,1H3. The molecule has 5 heteroatoms. The van der Waals surface area contributed by atoms with Gasteiger partial charge in [-0.15, -0.1) is 0 Å². The van der Waals surface area contributed by atoms with E-state index in [1.54, 1.807) is 19.1 Å². The SMILES string of the molecule is CC(N)c1ccc(OCC(F)F)cn1. The zero-order chi connectivity index (χ0) is 10.6. The maximum absolute atomic E-state index is 11.8. The molecular weight excluding hydrogens is 190 g/mol. The quantitative estimate of drug-likeness (QED) is 0.809. The van der Waals surface area contributed by atoms with E-state index in [0.29, 0.717) is 11.4 Å². The van der Waals surface area contributed by atoms with E-state index in [4.69, 9.17) is 10.5 Å². The molecule has 0 aliphatic carbocycles. The van der Waals surface area contributed by atoms with Crippen LogP contribution in [-0.2, 0) is 0 Å². The van der Waals surface area contributed by atoms with Crippen molar-refractivity contribution in [2.24, 2.45) is 5.73 Å². The second kappa shape index (κ2) is 4.85. The molecule has 1 aromatic heterocycles. The molecule has 1 rings (SSSR count). The van der Waals surface area contributed by atoms with Gasteiger partial charge in [0.1, 0.15) is 12.4 Å². The van der Waals surface area contributed by atoms with Crippen molar-refractivity contribution >= 4 is 0 Å². The lowest BCUT2D eigenvalue weighted by Crippen LogP contribution is -2.09. The summed E-state index contributed by atoms with van der Waals surface area (Å²) in [6, 6.07) is 3.07. The Labute approximate surface area is 80.9 Å². The van der Waals surface area contributed by atoms with Crippen LogP contribution in [0.15, 0.2) is 18.3 Å². The first-order valence-electron chi connectivity index (χ1n) is 4.22. The molecule has 0 saturated carbocycles. The van der Waals surface area contributed by atoms with Crippen LogP contribution in [-0.4, -0.2) is 18.0 Å². The topological polar surface area (TPSA) is 48.1 Å². The van der Waals surface area contributed by atoms with Crippen molar-refractivity contribution in [1.29, 1.82) is 0 Å². The van der Waals surface area contributed by atoms with Gasteiger partial charge in [-0.3, -0.25) is 4.98 Å². The number of rotatable bonds is 4. The molecule has 2 N–H and O–H groups in total. The van der Waals surface area contributed by atoms with Crippen molar-refractivity contribution < 1.29 is 13.5 Å². The minimum Gasteiger partial charge on any atom is -0.486 e. The maximum Gasteiger partial charge on any atom is 0.272 e. The average Bonchev–Trinajstić information content (AvgIpc) is 2.15. The molecule has 1 aromatic rings. The van der Waals surface area contributed by atoms with E-state index in [2.05, 4.69) is 4.98 Å². The Morgan fingerprint density at radius 2 is 2.21 bits per heavy atom. The molecule has 1 atom stereocenters. The van der Waals surface area contributed by atoms with Crippen LogP contribution >= 0.6 is 0 Å². The lowest BCUT2D eigenvalue weighted by atomic mass is 10.2. The number of nitrogens with zero attached hydrogens (tertiary/aromatic N) is 1. The molecule has 0 aromatic carbocycles. The van der Waals surface area contributed by atoms with Crippen LogP contribution in [0.5, 0.6) is 5.75 Å². The van der Waals surface area contributed by atoms with Crippen LogP contribution in [0.3, 0.4) is 0 Å². The van der Waals surface area contributed by atoms with E-state index < -0.39 is 13.0 Å². The van der Waals surface area contributed by atoms with E-state index >= 15 is 0 Å². The number of nitrogens with two attached hydrogens (primary N) is 1. The molecule has 0 fully saturated rings. The van der Waals surface area contributed by atoms with Gasteiger partial charge in [-0.25, -0.2) is 8.78 Å². The fourth-order valence-corrected chi connectivity index (χ4v) is 0.906. The lowest BCUT2D eigenvalue weighted by Gasteiger charge is -2.07. The van der Waals surface area contributed by atoms with Crippen LogP contribution < -0.4 is 10.5 Å². The van der Waals surface area contributed by atoms with Crippen molar-refractivity contribution in [2.75, 3.05) is 6.61 Å². The highest BCUT2D eigenvalue weighted by atomic mass is 19.3.